The molecule has 18 heavy (non-hydrogen) atoms. The largest absolute Gasteiger partial charge is 0.392 e. The van der Waals surface area contributed by atoms with Crippen molar-refractivity contribution in [3.63, 3.8) is 0 Å². The number of rotatable bonds is 3. The normalized spacial score (nSPS) is 19.9. The van der Waals surface area contributed by atoms with Crippen LogP contribution in [0.1, 0.15) is 24.8 Å². The van der Waals surface area contributed by atoms with Crippen molar-refractivity contribution < 1.29 is 9.90 Å². The number of carbonyl (C=O) groups is 1. The molecule has 1 aliphatic heterocycles. The minimum Gasteiger partial charge on any atom is -0.392 e. The first-order valence-corrected chi connectivity index (χ1v) is 6.88. The third-order valence-electron chi connectivity index (χ3n) is 3.35. The molecule has 1 aliphatic rings. The van der Waals surface area contributed by atoms with E-state index >= 15 is 0 Å². The third-order valence-corrected chi connectivity index (χ3v) is 3.85. The summed E-state index contributed by atoms with van der Waals surface area (Å²) >= 11 is 3.38. The summed E-state index contributed by atoms with van der Waals surface area (Å²) in [4.78, 5) is 13.5. The summed E-state index contributed by atoms with van der Waals surface area (Å²) in [5.74, 6) is -0.290. The van der Waals surface area contributed by atoms with E-state index in [1.54, 1.807) is 0 Å². The second-order valence-electron chi connectivity index (χ2n) is 4.54. The van der Waals surface area contributed by atoms with E-state index in [0.29, 0.717) is 0 Å². The van der Waals surface area contributed by atoms with Crippen molar-refractivity contribution in [2.24, 2.45) is 5.73 Å². The van der Waals surface area contributed by atoms with Crippen molar-refractivity contribution >= 4 is 27.5 Å². The number of nitrogens with zero attached hydrogens (tertiary/aromatic N) is 1. The zero-order chi connectivity index (χ0) is 13.1. The van der Waals surface area contributed by atoms with Gasteiger partial charge in [-0.15, -0.1) is 0 Å². The van der Waals surface area contributed by atoms with Gasteiger partial charge in [-0.05, 0) is 37.5 Å². The lowest BCUT2D eigenvalue weighted by molar-refractivity contribution is -0.119. The lowest BCUT2D eigenvalue weighted by Gasteiger charge is -2.36. The minimum absolute atomic E-state index is 0.0449. The van der Waals surface area contributed by atoms with E-state index in [1.165, 1.54) is 0 Å². The van der Waals surface area contributed by atoms with E-state index < -0.39 is 0 Å². The summed E-state index contributed by atoms with van der Waals surface area (Å²) in [7, 11) is 0. The highest BCUT2D eigenvalue weighted by atomic mass is 79.9. The van der Waals surface area contributed by atoms with Crippen molar-refractivity contribution in [1.82, 2.24) is 0 Å². The monoisotopic (exact) mass is 312 g/mol. The number of carbonyl (C=O) groups excluding carboxylic acids is 1. The Bertz CT molecular complexity index is 451. The Morgan fingerprint density at radius 1 is 1.50 bits per heavy atom. The zero-order valence-electron chi connectivity index (χ0n) is 10.1. The second kappa shape index (κ2) is 5.71. The van der Waals surface area contributed by atoms with Gasteiger partial charge >= 0.3 is 0 Å². The van der Waals surface area contributed by atoms with Gasteiger partial charge in [-0.2, -0.15) is 0 Å². The summed E-state index contributed by atoms with van der Waals surface area (Å²) in [5, 5.41) is 9.43. The molecule has 98 valence electrons. The van der Waals surface area contributed by atoms with Crippen LogP contribution in [0.15, 0.2) is 22.7 Å². The van der Waals surface area contributed by atoms with Crippen molar-refractivity contribution in [3.05, 3.63) is 28.2 Å². The van der Waals surface area contributed by atoms with Crippen LogP contribution >= 0.6 is 15.9 Å². The summed E-state index contributed by atoms with van der Waals surface area (Å²) in [6.45, 7) is 0.763. The molecule has 1 fully saturated rings. The molecule has 0 bridgehead atoms. The van der Waals surface area contributed by atoms with Gasteiger partial charge in [-0.3, -0.25) is 4.79 Å². The average molecular weight is 313 g/mol. The van der Waals surface area contributed by atoms with Crippen LogP contribution in [0.4, 0.5) is 5.69 Å². The molecule has 0 aliphatic carbocycles. The number of aliphatic hydroxyl groups excluding tert-OH is 1. The molecular weight excluding hydrogens is 296 g/mol. The molecule has 1 saturated heterocycles. The number of hydrogen-bond donors (Lipinski definition) is 2. The molecule has 1 heterocycles. The van der Waals surface area contributed by atoms with E-state index in [0.717, 1.165) is 41.5 Å². The number of anilines is 1. The van der Waals surface area contributed by atoms with Crippen LogP contribution in [0.3, 0.4) is 0 Å². The number of nitrogens with two attached hydrogens (primary N) is 1. The van der Waals surface area contributed by atoms with Gasteiger partial charge < -0.3 is 15.7 Å². The maximum Gasteiger partial charge on any atom is 0.240 e. The summed E-state index contributed by atoms with van der Waals surface area (Å²) in [6, 6.07) is 5.46. The highest BCUT2D eigenvalue weighted by Gasteiger charge is 2.28. The number of halogens is 1. The number of benzene rings is 1. The highest BCUT2D eigenvalue weighted by Crippen LogP contribution is 2.30. The predicted molar refractivity (Wildman–Crippen MR) is 74.2 cm³/mol. The van der Waals surface area contributed by atoms with Gasteiger partial charge in [-0.1, -0.05) is 15.9 Å². The maximum atomic E-state index is 11.5. The van der Waals surface area contributed by atoms with Crippen LogP contribution in [-0.4, -0.2) is 23.6 Å². The zero-order valence-corrected chi connectivity index (χ0v) is 11.7. The molecule has 1 aromatic rings. The van der Waals surface area contributed by atoms with Crippen LogP contribution in [0.25, 0.3) is 0 Å². The molecule has 1 amide bonds. The summed E-state index contributed by atoms with van der Waals surface area (Å²) < 4.78 is 0.919. The fourth-order valence-electron chi connectivity index (χ4n) is 2.48. The minimum atomic E-state index is -0.290. The third kappa shape index (κ3) is 2.67. The van der Waals surface area contributed by atoms with Gasteiger partial charge in [0.05, 0.1) is 6.61 Å². The number of primary amides is 1. The van der Waals surface area contributed by atoms with Crippen molar-refractivity contribution in [3.8, 4) is 0 Å². The molecular formula is C13H17BrN2O2. The summed E-state index contributed by atoms with van der Waals surface area (Å²) in [5.41, 5.74) is 7.19. The van der Waals surface area contributed by atoms with E-state index in [4.69, 9.17) is 5.73 Å². The Morgan fingerprint density at radius 2 is 2.28 bits per heavy atom. The molecule has 2 rings (SSSR count). The fraction of sp³-hybridized carbons (Fsp3) is 0.462. The number of aliphatic hydroxyl groups is 1. The molecule has 0 saturated carbocycles. The standard InChI is InChI=1S/C13H17BrN2O2/c14-10-4-5-11(9(7-10)8-17)16-6-2-1-3-12(16)13(15)18/h4-5,7,12,17H,1-3,6,8H2,(H2,15,18). The first-order valence-electron chi connectivity index (χ1n) is 6.08. The maximum absolute atomic E-state index is 11.5. The Morgan fingerprint density at radius 3 is 2.94 bits per heavy atom. The number of hydrogen-bond acceptors (Lipinski definition) is 3. The second-order valence-corrected chi connectivity index (χ2v) is 5.45. The van der Waals surface area contributed by atoms with Gasteiger partial charge in [0.25, 0.3) is 0 Å². The van der Waals surface area contributed by atoms with Crippen molar-refractivity contribution in [1.29, 1.82) is 0 Å². The van der Waals surface area contributed by atoms with Crippen LogP contribution in [0.5, 0.6) is 0 Å². The molecule has 0 radical (unpaired) electrons. The lowest BCUT2D eigenvalue weighted by Crippen LogP contribution is -2.48. The van der Waals surface area contributed by atoms with Crippen molar-refractivity contribution in [2.45, 2.75) is 31.9 Å². The Hall–Kier alpha value is -1.07. The molecule has 1 unspecified atom stereocenters. The molecule has 0 aromatic heterocycles. The van der Waals surface area contributed by atoms with Gasteiger partial charge in [0.2, 0.25) is 5.91 Å². The number of piperidine rings is 1. The van der Waals surface area contributed by atoms with E-state index in [2.05, 4.69) is 15.9 Å². The van der Waals surface area contributed by atoms with Crippen LogP contribution in [-0.2, 0) is 11.4 Å². The first kappa shape index (κ1) is 13.4. The molecule has 5 heteroatoms. The molecule has 1 atom stereocenters. The van der Waals surface area contributed by atoms with E-state index in [-0.39, 0.29) is 18.6 Å². The van der Waals surface area contributed by atoms with Crippen LogP contribution < -0.4 is 10.6 Å². The van der Waals surface area contributed by atoms with E-state index in [9.17, 15) is 9.90 Å². The molecule has 4 nitrogen and oxygen atoms in total. The Balaban J connectivity index is 2.36. The van der Waals surface area contributed by atoms with Gasteiger partial charge in [0, 0.05) is 22.3 Å². The van der Waals surface area contributed by atoms with Crippen molar-refractivity contribution in [2.75, 3.05) is 11.4 Å². The average Bonchev–Trinajstić information content (AvgIpc) is 2.38. The molecule has 0 spiro atoms. The molecule has 1 aromatic carbocycles. The first-order chi connectivity index (χ1) is 8.63. The quantitative estimate of drug-likeness (QED) is 0.894. The van der Waals surface area contributed by atoms with Crippen LogP contribution in [0, 0.1) is 0 Å². The Kier molecular flexibility index (Phi) is 4.24. The van der Waals surface area contributed by atoms with Gasteiger partial charge in [0.15, 0.2) is 0 Å². The molecule has 3 N–H and O–H groups in total. The lowest BCUT2D eigenvalue weighted by atomic mass is 9.99. The highest BCUT2D eigenvalue weighted by molar-refractivity contribution is 9.10. The topological polar surface area (TPSA) is 66.6 Å². The van der Waals surface area contributed by atoms with Gasteiger partial charge in [-0.25, -0.2) is 0 Å². The summed E-state index contributed by atoms with van der Waals surface area (Å²) in [6.07, 6.45) is 2.86. The predicted octanol–water partition coefficient (Wildman–Crippen LogP) is 1.79. The van der Waals surface area contributed by atoms with Gasteiger partial charge in [0.1, 0.15) is 6.04 Å². The SMILES string of the molecule is NC(=O)C1CCCCN1c1ccc(Br)cc1CO. The van der Waals surface area contributed by atoms with Crippen LogP contribution in [0.2, 0.25) is 0 Å². The smallest absolute Gasteiger partial charge is 0.240 e. The number of amides is 1. The van der Waals surface area contributed by atoms with E-state index in [1.807, 2.05) is 23.1 Å². The fourth-order valence-corrected chi connectivity index (χ4v) is 2.89. The Labute approximate surface area is 115 Å².